The molecule has 1 unspecified atom stereocenters. The Morgan fingerprint density at radius 1 is 1.28 bits per heavy atom. The van der Waals surface area contributed by atoms with Crippen LogP contribution in [0.15, 0.2) is 30.3 Å². The Hall–Kier alpha value is -1.35. The molecule has 1 aromatic rings. The van der Waals surface area contributed by atoms with Gasteiger partial charge in [-0.3, -0.25) is 4.79 Å². The zero-order valence-electron chi connectivity index (χ0n) is 11.1. The van der Waals surface area contributed by atoms with Crippen LogP contribution in [0.5, 0.6) is 0 Å². The highest BCUT2D eigenvalue weighted by molar-refractivity contribution is 5.80. The standard InChI is InChI=1S/C15H22N2O/c1-10(2)14(15(16)18)17-13-8-12(9-13)11-6-4-3-5-7-11/h3-7,10,12-14,17H,8-9H2,1-2H3,(H2,16,18). The minimum atomic E-state index is -0.242. The van der Waals surface area contributed by atoms with Crippen LogP contribution >= 0.6 is 0 Å². The van der Waals surface area contributed by atoms with E-state index in [-0.39, 0.29) is 17.9 Å². The lowest BCUT2D eigenvalue weighted by atomic mass is 9.75. The number of amides is 1. The molecule has 3 nitrogen and oxygen atoms in total. The largest absolute Gasteiger partial charge is 0.368 e. The molecule has 0 heterocycles. The molecule has 1 aliphatic rings. The van der Waals surface area contributed by atoms with Gasteiger partial charge in [-0.2, -0.15) is 0 Å². The minimum absolute atomic E-state index is 0.202. The van der Waals surface area contributed by atoms with Crippen LogP contribution in [0.1, 0.15) is 38.2 Å². The molecule has 18 heavy (non-hydrogen) atoms. The first-order valence-corrected chi connectivity index (χ1v) is 6.68. The predicted molar refractivity (Wildman–Crippen MR) is 73.2 cm³/mol. The molecule has 1 fully saturated rings. The normalized spacial score (nSPS) is 24.6. The van der Waals surface area contributed by atoms with Gasteiger partial charge in [-0.25, -0.2) is 0 Å². The van der Waals surface area contributed by atoms with Crippen molar-refractivity contribution in [2.45, 2.75) is 44.7 Å². The van der Waals surface area contributed by atoms with E-state index in [9.17, 15) is 4.79 Å². The van der Waals surface area contributed by atoms with Crippen LogP contribution in [-0.4, -0.2) is 18.0 Å². The first-order valence-electron chi connectivity index (χ1n) is 6.68. The molecule has 1 aromatic carbocycles. The number of hydrogen-bond acceptors (Lipinski definition) is 2. The van der Waals surface area contributed by atoms with E-state index < -0.39 is 0 Å². The Kier molecular flexibility index (Phi) is 4.02. The lowest BCUT2D eigenvalue weighted by Crippen LogP contribution is -2.53. The van der Waals surface area contributed by atoms with E-state index in [4.69, 9.17) is 5.73 Å². The molecular formula is C15H22N2O. The summed E-state index contributed by atoms with van der Waals surface area (Å²) in [5.74, 6) is 0.635. The van der Waals surface area contributed by atoms with Crippen LogP contribution in [0.25, 0.3) is 0 Å². The highest BCUT2D eigenvalue weighted by Gasteiger charge is 2.33. The first-order chi connectivity index (χ1) is 8.58. The molecule has 1 amide bonds. The molecule has 0 saturated heterocycles. The summed E-state index contributed by atoms with van der Waals surface area (Å²) in [6, 6.07) is 10.8. The maximum atomic E-state index is 11.3. The van der Waals surface area contributed by atoms with Gasteiger partial charge in [0, 0.05) is 6.04 Å². The maximum absolute atomic E-state index is 11.3. The van der Waals surface area contributed by atoms with E-state index in [0.717, 1.165) is 12.8 Å². The van der Waals surface area contributed by atoms with E-state index >= 15 is 0 Å². The lowest BCUT2D eigenvalue weighted by Gasteiger charge is -2.39. The topological polar surface area (TPSA) is 55.1 Å². The van der Waals surface area contributed by atoms with Gasteiger partial charge in [-0.1, -0.05) is 44.2 Å². The maximum Gasteiger partial charge on any atom is 0.234 e. The van der Waals surface area contributed by atoms with Crippen molar-refractivity contribution in [3.63, 3.8) is 0 Å². The molecular weight excluding hydrogens is 224 g/mol. The van der Waals surface area contributed by atoms with Crippen LogP contribution in [-0.2, 0) is 4.79 Å². The second-order valence-corrected chi connectivity index (χ2v) is 5.57. The minimum Gasteiger partial charge on any atom is -0.368 e. The molecule has 3 heteroatoms. The van der Waals surface area contributed by atoms with Crippen molar-refractivity contribution in [2.75, 3.05) is 0 Å². The Balaban J connectivity index is 1.84. The van der Waals surface area contributed by atoms with Gasteiger partial charge in [0.15, 0.2) is 0 Å². The lowest BCUT2D eigenvalue weighted by molar-refractivity contribution is -0.121. The summed E-state index contributed by atoms with van der Waals surface area (Å²) >= 11 is 0. The van der Waals surface area contributed by atoms with Crippen molar-refractivity contribution in [2.24, 2.45) is 11.7 Å². The Labute approximate surface area is 109 Å². The van der Waals surface area contributed by atoms with Crippen molar-refractivity contribution in [3.8, 4) is 0 Å². The number of rotatable bonds is 5. The van der Waals surface area contributed by atoms with Gasteiger partial charge < -0.3 is 11.1 Å². The third kappa shape index (κ3) is 2.91. The SMILES string of the molecule is CC(C)C(NC1CC(c2ccccc2)C1)C(N)=O. The summed E-state index contributed by atoms with van der Waals surface area (Å²) in [4.78, 5) is 11.3. The van der Waals surface area contributed by atoms with E-state index in [0.29, 0.717) is 12.0 Å². The second kappa shape index (κ2) is 5.53. The number of carbonyl (C=O) groups is 1. The third-order valence-corrected chi connectivity index (χ3v) is 3.80. The molecule has 1 aliphatic carbocycles. The monoisotopic (exact) mass is 246 g/mol. The van der Waals surface area contributed by atoms with Gasteiger partial charge in [0.1, 0.15) is 0 Å². The fourth-order valence-corrected chi connectivity index (χ4v) is 2.61. The highest BCUT2D eigenvalue weighted by Crippen LogP contribution is 2.37. The first kappa shape index (κ1) is 13.1. The number of benzene rings is 1. The molecule has 3 N–H and O–H groups in total. The molecule has 0 bridgehead atoms. The summed E-state index contributed by atoms with van der Waals surface area (Å²) in [7, 11) is 0. The Morgan fingerprint density at radius 3 is 2.39 bits per heavy atom. The van der Waals surface area contributed by atoms with Crippen molar-refractivity contribution >= 4 is 5.91 Å². The van der Waals surface area contributed by atoms with Gasteiger partial charge >= 0.3 is 0 Å². The molecule has 1 atom stereocenters. The predicted octanol–water partition coefficient (Wildman–Crippen LogP) is 2.03. The van der Waals surface area contributed by atoms with Crippen LogP contribution in [0.2, 0.25) is 0 Å². The molecule has 0 spiro atoms. The van der Waals surface area contributed by atoms with E-state index in [1.807, 2.05) is 19.9 Å². The average Bonchev–Trinajstić information content (AvgIpc) is 2.27. The fraction of sp³-hybridized carbons (Fsp3) is 0.533. The van der Waals surface area contributed by atoms with Crippen LogP contribution in [0.3, 0.4) is 0 Å². The number of carbonyl (C=O) groups excluding carboxylic acids is 1. The Bertz CT molecular complexity index is 396. The van der Waals surface area contributed by atoms with Gasteiger partial charge in [0.05, 0.1) is 6.04 Å². The fourth-order valence-electron chi connectivity index (χ4n) is 2.61. The number of hydrogen-bond donors (Lipinski definition) is 2. The Morgan fingerprint density at radius 2 is 1.89 bits per heavy atom. The van der Waals surface area contributed by atoms with Gasteiger partial charge in [-0.15, -0.1) is 0 Å². The second-order valence-electron chi connectivity index (χ2n) is 5.57. The molecule has 98 valence electrons. The summed E-state index contributed by atoms with van der Waals surface area (Å²) < 4.78 is 0. The van der Waals surface area contributed by atoms with Crippen molar-refractivity contribution < 1.29 is 4.79 Å². The average molecular weight is 246 g/mol. The van der Waals surface area contributed by atoms with E-state index in [2.05, 4.69) is 29.6 Å². The molecule has 1 saturated carbocycles. The summed E-state index contributed by atoms with van der Waals surface area (Å²) in [5.41, 5.74) is 6.81. The quantitative estimate of drug-likeness (QED) is 0.835. The van der Waals surface area contributed by atoms with Crippen LogP contribution in [0.4, 0.5) is 0 Å². The van der Waals surface area contributed by atoms with E-state index in [1.165, 1.54) is 5.56 Å². The van der Waals surface area contributed by atoms with Gasteiger partial charge in [0.2, 0.25) is 5.91 Å². The molecule has 0 radical (unpaired) electrons. The third-order valence-electron chi connectivity index (χ3n) is 3.80. The zero-order chi connectivity index (χ0) is 13.1. The van der Waals surface area contributed by atoms with E-state index in [1.54, 1.807) is 0 Å². The number of nitrogens with two attached hydrogens (primary N) is 1. The van der Waals surface area contributed by atoms with Gasteiger partial charge in [0.25, 0.3) is 0 Å². The summed E-state index contributed by atoms with van der Waals surface area (Å²) in [6.45, 7) is 4.05. The summed E-state index contributed by atoms with van der Waals surface area (Å²) in [5, 5.41) is 3.38. The molecule has 0 aromatic heterocycles. The van der Waals surface area contributed by atoms with Crippen molar-refractivity contribution in [1.29, 1.82) is 0 Å². The van der Waals surface area contributed by atoms with Crippen molar-refractivity contribution in [1.82, 2.24) is 5.32 Å². The van der Waals surface area contributed by atoms with Gasteiger partial charge in [-0.05, 0) is 30.2 Å². The smallest absolute Gasteiger partial charge is 0.234 e. The molecule has 2 rings (SSSR count). The van der Waals surface area contributed by atoms with Crippen molar-refractivity contribution in [3.05, 3.63) is 35.9 Å². The number of nitrogens with one attached hydrogen (secondary N) is 1. The van der Waals surface area contributed by atoms with Crippen LogP contribution in [0, 0.1) is 5.92 Å². The number of primary amides is 1. The zero-order valence-corrected chi connectivity index (χ0v) is 11.1. The van der Waals surface area contributed by atoms with Crippen LogP contribution < -0.4 is 11.1 Å². The highest BCUT2D eigenvalue weighted by atomic mass is 16.1. The summed E-state index contributed by atoms with van der Waals surface area (Å²) in [6.07, 6.45) is 2.20. The molecule has 0 aliphatic heterocycles.